The quantitative estimate of drug-likeness (QED) is 0.671. The molecule has 17 heavy (non-hydrogen) atoms. The van der Waals surface area contributed by atoms with Gasteiger partial charge in [-0.15, -0.1) is 0 Å². The summed E-state index contributed by atoms with van der Waals surface area (Å²) >= 11 is 0. The fourth-order valence-electron chi connectivity index (χ4n) is 1.34. The van der Waals surface area contributed by atoms with Crippen LogP contribution in [0.15, 0.2) is 12.4 Å². The topological polar surface area (TPSA) is 67.3 Å². The molecule has 0 spiro atoms. The highest BCUT2D eigenvalue weighted by atomic mass is 16.5. The standard InChI is InChI=1S/C12H21N3O2/c1-10(2)11-8-12(15-9-14-11)13-4-3-6-17-7-5-16/h8-10,16H,3-7H2,1-2H3,(H,13,14,15). The van der Waals surface area contributed by atoms with Crippen molar-refractivity contribution in [3.05, 3.63) is 18.1 Å². The predicted molar refractivity (Wildman–Crippen MR) is 67.1 cm³/mol. The third kappa shape index (κ3) is 5.60. The maximum absolute atomic E-state index is 8.53. The first-order valence-corrected chi connectivity index (χ1v) is 5.98. The summed E-state index contributed by atoms with van der Waals surface area (Å²) in [6.07, 6.45) is 2.47. The molecule has 5 nitrogen and oxygen atoms in total. The molecule has 1 aromatic rings. The molecule has 0 amide bonds. The maximum atomic E-state index is 8.53. The van der Waals surface area contributed by atoms with E-state index in [4.69, 9.17) is 9.84 Å². The van der Waals surface area contributed by atoms with Crippen LogP contribution in [0.25, 0.3) is 0 Å². The Labute approximate surface area is 102 Å². The minimum absolute atomic E-state index is 0.0804. The van der Waals surface area contributed by atoms with Gasteiger partial charge in [0, 0.05) is 24.9 Å². The lowest BCUT2D eigenvalue weighted by Gasteiger charge is -2.08. The fraction of sp³-hybridized carbons (Fsp3) is 0.667. The second-order valence-electron chi connectivity index (χ2n) is 4.10. The first-order chi connectivity index (χ1) is 8.24. The van der Waals surface area contributed by atoms with E-state index in [0.717, 1.165) is 24.5 Å². The van der Waals surface area contributed by atoms with Crippen LogP contribution in [-0.2, 0) is 4.74 Å². The van der Waals surface area contributed by atoms with Crippen molar-refractivity contribution in [2.24, 2.45) is 0 Å². The second kappa shape index (κ2) is 7.97. The minimum Gasteiger partial charge on any atom is -0.394 e. The van der Waals surface area contributed by atoms with Gasteiger partial charge in [0.2, 0.25) is 0 Å². The largest absolute Gasteiger partial charge is 0.394 e. The van der Waals surface area contributed by atoms with Crippen LogP contribution in [0.3, 0.4) is 0 Å². The zero-order valence-corrected chi connectivity index (χ0v) is 10.5. The van der Waals surface area contributed by atoms with Crippen molar-refractivity contribution in [1.82, 2.24) is 9.97 Å². The molecule has 1 rings (SSSR count). The number of anilines is 1. The van der Waals surface area contributed by atoms with E-state index < -0.39 is 0 Å². The molecule has 2 N–H and O–H groups in total. The van der Waals surface area contributed by atoms with Gasteiger partial charge in [0.1, 0.15) is 12.1 Å². The first-order valence-electron chi connectivity index (χ1n) is 5.98. The van der Waals surface area contributed by atoms with Crippen molar-refractivity contribution >= 4 is 5.82 Å². The van der Waals surface area contributed by atoms with Crippen molar-refractivity contribution < 1.29 is 9.84 Å². The summed E-state index contributed by atoms with van der Waals surface area (Å²) in [5.74, 6) is 1.26. The third-order valence-electron chi connectivity index (χ3n) is 2.29. The van der Waals surface area contributed by atoms with E-state index in [-0.39, 0.29) is 6.61 Å². The molecule has 0 saturated carbocycles. The third-order valence-corrected chi connectivity index (χ3v) is 2.29. The van der Waals surface area contributed by atoms with Crippen molar-refractivity contribution in [3.63, 3.8) is 0 Å². The van der Waals surface area contributed by atoms with E-state index >= 15 is 0 Å². The Bertz CT molecular complexity index is 318. The molecule has 0 atom stereocenters. The first kappa shape index (κ1) is 13.9. The summed E-state index contributed by atoms with van der Waals surface area (Å²) in [5.41, 5.74) is 1.04. The highest BCUT2D eigenvalue weighted by molar-refractivity contribution is 5.35. The van der Waals surface area contributed by atoms with Gasteiger partial charge in [-0.3, -0.25) is 0 Å². The molecule has 0 aliphatic carbocycles. The molecule has 0 saturated heterocycles. The van der Waals surface area contributed by atoms with E-state index in [0.29, 0.717) is 19.1 Å². The lowest BCUT2D eigenvalue weighted by molar-refractivity contribution is 0.0922. The van der Waals surface area contributed by atoms with Gasteiger partial charge in [-0.25, -0.2) is 9.97 Å². The van der Waals surface area contributed by atoms with Gasteiger partial charge in [-0.2, -0.15) is 0 Å². The normalized spacial score (nSPS) is 10.8. The molecule has 0 bridgehead atoms. The molecular weight excluding hydrogens is 218 g/mol. The van der Waals surface area contributed by atoms with Gasteiger partial charge in [-0.1, -0.05) is 13.8 Å². The molecule has 0 aliphatic heterocycles. The van der Waals surface area contributed by atoms with Crippen LogP contribution in [0.2, 0.25) is 0 Å². The SMILES string of the molecule is CC(C)c1cc(NCCCOCCO)ncn1. The van der Waals surface area contributed by atoms with Gasteiger partial charge in [0.25, 0.3) is 0 Å². The summed E-state index contributed by atoms with van der Waals surface area (Å²) in [6, 6.07) is 1.97. The number of nitrogens with one attached hydrogen (secondary N) is 1. The summed E-state index contributed by atoms with van der Waals surface area (Å²) in [4.78, 5) is 8.36. The fourth-order valence-corrected chi connectivity index (χ4v) is 1.34. The molecule has 96 valence electrons. The Morgan fingerprint density at radius 2 is 2.18 bits per heavy atom. The number of aromatic nitrogens is 2. The number of hydrogen-bond acceptors (Lipinski definition) is 5. The van der Waals surface area contributed by atoms with E-state index in [9.17, 15) is 0 Å². The molecule has 0 unspecified atom stereocenters. The van der Waals surface area contributed by atoms with Gasteiger partial charge < -0.3 is 15.2 Å². The van der Waals surface area contributed by atoms with Crippen LogP contribution in [0.4, 0.5) is 5.82 Å². The Morgan fingerprint density at radius 1 is 1.35 bits per heavy atom. The van der Waals surface area contributed by atoms with Gasteiger partial charge in [0.15, 0.2) is 0 Å². The van der Waals surface area contributed by atoms with Gasteiger partial charge in [0.05, 0.1) is 13.2 Å². The highest BCUT2D eigenvalue weighted by Gasteiger charge is 2.02. The summed E-state index contributed by atoms with van der Waals surface area (Å²) < 4.78 is 5.16. The van der Waals surface area contributed by atoms with Crippen molar-refractivity contribution in [2.75, 3.05) is 31.7 Å². The van der Waals surface area contributed by atoms with Crippen molar-refractivity contribution in [2.45, 2.75) is 26.2 Å². The number of rotatable bonds is 8. The summed E-state index contributed by atoms with van der Waals surface area (Å²) in [7, 11) is 0. The molecule has 0 aromatic carbocycles. The average Bonchev–Trinajstić information content (AvgIpc) is 2.34. The van der Waals surface area contributed by atoms with E-state index in [1.54, 1.807) is 6.33 Å². The van der Waals surface area contributed by atoms with E-state index in [1.165, 1.54) is 0 Å². The number of hydrogen-bond donors (Lipinski definition) is 2. The Balaban J connectivity index is 2.24. The average molecular weight is 239 g/mol. The van der Waals surface area contributed by atoms with E-state index in [2.05, 4.69) is 29.1 Å². The number of aliphatic hydroxyl groups excluding tert-OH is 1. The van der Waals surface area contributed by atoms with Crippen LogP contribution < -0.4 is 5.32 Å². The number of aliphatic hydroxyl groups is 1. The smallest absolute Gasteiger partial charge is 0.129 e. The van der Waals surface area contributed by atoms with Crippen LogP contribution >= 0.6 is 0 Å². The van der Waals surface area contributed by atoms with Crippen LogP contribution in [0, 0.1) is 0 Å². The predicted octanol–water partition coefficient (Wildman–Crippen LogP) is 1.41. The monoisotopic (exact) mass is 239 g/mol. The van der Waals surface area contributed by atoms with Crippen molar-refractivity contribution in [3.8, 4) is 0 Å². The summed E-state index contributed by atoms with van der Waals surface area (Å²) in [6.45, 7) is 6.15. The zero-order chi connectivity index (χ0) is 12.5. The molecule has 0 aliphatic rings. The Hall–Kier alpha value is -1.20. The second-order valence-corrected chi connectivity index (χ2v) is 4.10. The van der Waals surface area contributed by atoms with Gasteiger partial charge in [-0.05, 0) is 12.3 Å². The molecule has 1 heterocycles. The van der Waals surface area contributed by atoms with Crippen molar-refractivity contribution in [1.29, 1.82) is 0 Å². The maximum Gasteiger partial charge on any atom is 0.129 e. The number of ether oxygens (including phenoxy) is 1. The van der Waals surface area contributed by atoms with Crippen LogP contribution in [0.1, 0.15) is 31.9 Å². The highest BCUT2D eigenvalue weighted by Crippen LogP contribution is 2.13. The molecule has 0 fully saturated rings. The minimum atomic E-state index is 0.0804. The van der Waals surface area contributed by atoms with E-state index in [1.807, 2.05) is 6.07 Å². The lowest BCUT2D eigenvalue weighted by Crippen LogP contribution is -2.09. The Morgan fingerprint density at radius 3 is 2.88 bits per heavy atom. The molecular formula is C12H21N3O2. The molecule has 0 radical (unpaired) electrons. The zero-order valence-electron chi connectivity index (χ0n) is 10.5. The van der Waals surface area contributed by atoms with Gasteiger partial charge >= 0.3 is 0 Å². The summed E-state index contributed by atoms with van der Waals surface area (Å²) in [5, 5.41) is 11.7. The van der Waals surface area contributed by atoms with Crippen LogP contribution in [-0.4, -0.2) is 41.4 Å². The molecule has 1 aromatic heterocycles. The lowest BCUT2D eigenvalue weighted by atomic mass is 10.1. The molecule has 5 heteroatoms. The van der Waals surface area contributed by atoms with Crippen LogP contribution in [0.5, 0.6) is 0 Å². The Kier molecular flexibility index (Phi) is 6.50. The number of nitrogens with zero attached hydrogens (tertiary/aromatic N) is 2.